The van der Waals surface area contributed by atoms with Gasteiger partial charge < -0.3 is 0 Å². The number of hydrogen-bond donors (Lipinski definition) is 0. The Morgan fingerprint density at radius 3 is 1.46 bits per heavy atom. The quantitative estimate of drug-likeness (QED) is 0.209. The summed E-state index contributed by atoms with van der Waals surface area (Å²) in [6, 6.07) is 0. The van der Waals surface area contributed by atoms with Gasteiger partial charge in [0.15, 0.2) is 0 Å². The summed E-state index contributed by atoms with van der Waals surface area (Å²) >= 11 is -2.21. The van der Waals surface area contributed by atoms with E-state index in [1.807, 2.05) is 0 Å². The van der Waals surface area contributed by atoms with Crippen LogP contribution in [0.25, 0.3) is 0 Å². The van der Waals surface area contributed by atoms with Crippen LogP contribution in [0.3, 0.4) is 0 Å². The van der Waals surface area contributed by atoms with Gasteiger partial charge in [-0.3, -0.25) is 0 Å². The van der Waals surface area contributed by atoms with Gasteiger partial charge in [0, 0.05) is 0 Å². The van der Waals surface area contributed by atoms with E-state index in [9.17, 15) is 4.79 Å². The second-order valence-corrected chi connectivity index (χ2v) is 53.1. The van der Waals surface area contributed by atoms with Gasteiger partial charge in [-0.05, 0) is 0 Å². The molecule has 10 aliphatic rings. The minimum absolute atomic E-state index is 0.515. The van der Waals surface area contributed by atoms with Crippen molar-refractivity contribution in [3.05, 3.63) is 0 Å². The Hall–Kier alpha value is 0.988. The molecule has 0 amide bonds. The van der Waals surface area contributed by atoms with Gasteiger partial charge in [-0.25, -0.2) is 0 Å². The van der Waals surface area contributed by atoms with E-state index < -0.39 is 24.9 Å². The monoisotopic (exact) mass is 504 g/mol. The fraction of sp³-hybridized carbons (Fsp3) is 0.957. The number of hydrogen-bond acceptors (Lipinski definition) is 1. The topological polar surface area (TPSA) is 17.1 Å². The zero-order valence-electron chi connectivity index (χ0n) is 16.8. The standard InChI is InChI=1S/C6H5O.C5H4.3C4H9.Fe.Sn/c7-5-6-3-1-2-4-6;1-2-4-5-3-1;3*1-3-4-2;;/h1-5H;1-4H;3*1,3-4H2,2H3;;. The van der Waals surface area contributed by atoms with Crippen LogP contribution in [0.1, 0.15) is 59.3 Å². The Balaban J connectivity index is 1.27. The Morgan fingerprint density at radius 1 is 0.769 bits per heavy atom. The molecule has 0 N–H and O–H groups in total. The molecule has 8 atom stereocenters. The molecule has 10 aliphatic heterocycles. The van der Waals surface area contributed by atoms with Crippen LogP contribution in [0.15, 0.2) is 0 Å². The molecular weight excluding hydrogens is 467 g/mol. The van der Waals surface area contributed by atoms with Crippen LogP contribution in [0.5, 0.6) is 0 Å². The summed E-state index contributed by atoms with van der Waals surface area (Å²) in [6.07, 6.45) is 10.7. The van der Waals surface area contributed by atoms with E-state index in [4.69, 9.17) is 0 Å². The first kappa shape index (κ1) is 14.1. The Bertz CT molecular complexity index is 1170. The van der Waals surface area contributed by atoms with Gasteiger partial charge in [-0.15, -0.1) is 0 Å². The van der Waals surface area contributed by atoms with Crippen molar-refractivity contribution in [1.82, 2.24) is 0 Å². The van der Waals surface area contributed by atoms with E-state index in [0.29, 0.717) is 4.31 Å². The van der Waals surface area contributed by atoms with Crippen LogP contribution < -0.4 is 0 Å². The van der Waals surface area contributed by atoms with Crippen molar-refractivity contribution < 1.29 is 11.3 Å². The number of rotatable bonds is 11. The van der Waals surface area contributed by atoms with E-state index in [-0.39, 0.29) is 0 Å². The molecule has 26 heavy (non-hydrogen) atoms. The van der Waals surface area contributed by atoms with Crippen molar-refractivity contribution in [3.8, 4) is 0 Å². The van der Waals surface area contributed by atoms with Crippen molar-refractivity contribution in [2.24, 2.45) is 0 Å². The molecule has 146 valence electrons. The van der Waals surface area contributed by atoms with Gasteiger partial charge in [0.1, 0.15) is 0 Å². The number of unbranched alkanes of at least 4 members (excludes halogenated alkanes) is 3. The van der Waals surface area contributed by atoms with Crippen molar-refractivity contribution in [2.75, 3.05) is 0 Å². The molecule has 8 unspecified atom stereocenters. The molecule has 0 bridgehead atoms. The van der Waals surface area contributed by atoms with Gasteiger partial charge >= 0.3 is 154 Å². The summed E-state index contributed by atoms with van der Waals surface area (Å²) < 4.78 is 6.90. The van der Waals surface area contributed by atoms with Gasteiger partial charge in [0.25, 0.3) is 0 Å². The summed E-state index contributed by atoms with van der Waals surface area (Å²) in [7, 11) is 0. The average Bonchev–Trinajstić information content (AvgIpc) is 3.61. The minimum atomic E-state index is -3.43. The molecule has 10 saturated heterocycles. The summed E-state index contributed by atoms with van der Waals surface area (Å²) in [4.78, 5) is 23.1. The molecule has 0 aromatic heterocycles. The van der Waals surface area contributed by atoms with Crippen LogP contribution in [-0.4, -0.2) is 24.7 Å². The fourth-order valence-corrected chi connectivity index (χ4v) is 170. The predicted molar refractivity (Wildman–Crippen MR) is 106 cm³/mol. The third-order valence-electron chi connectivity index (χ3n) is 18.9. The molecule has 10 rings (SSSR count). The zero-order chi connectivity index (χ0) is 17.5. The molecule has 0 aromatic carbocycles. The number of carbonyl (C=O) groups is 1. The fourth-order valence-electron chi connectivity index (χ4n) is 21.0. The summed E-state index contributed by atoms with van der Waals surface area (Å²) in [5.74, 6) is 0. The SMILES string of the molecule is CCC[CH2][Sn]([CH2]CCC)([CH2]CCC)[C]12[CH]3[CH]4[CH]5[CH]1[Fe]45321678[CH]2[CH]1[CH]6[C]7(C=O)[CH]28. The molecule has 0 aliphatic carbocycles. The number of aldehydes is 1. The van der Waals surface area contributed by atoms with Gasteiger partial charge in [-0.1, -0.05) is 0 Å². The summed E-state index contributed by atoms with van der Waals surface area (Å²) in [5, 5.41) is 0. The molecular formula is C23H36FeOSn. The Kier molecular flexibility index (Phi) is 0.915. The molecule has 0 radical (unpaired) electrons. The van der Waals surface area contributed by atoms with E-state index in [2.05, 4.69) is 20.8 Å². The molecule has 0 aromatic rings. The normalized spacial score (nSPS) is 85.5. The molecule has 1 spiro atoms. The molecule has 3 heteroatoms. The van der Waals surface area contributed by atoms with Gasteiger partial charge in [-0.2, -0.15) is 0 Å². The maximum atomic E-state index is 12.7. The summed E-state index contributed by atoms with van der Waals surface area (Å²) in [5.41, 5.74) is 0. The van der Waals surface area contributed by atoms with Crippen LogP contribution in [0.2, 0.25) is 58.5 Å². The Morgan fingerprint density at radius 2 is 1.19 bits per heavy atom. The van der Waals surface area contributed by atoms with E-state index in [1.165, 1.54) is 57.8 Å². The second-order valence-electron chi connectivity index (χ2n) is 14.5. The third-order valence-corrected chi connectivity index (χ3v) is 95.2. The number of fused-ring (bicyclic) bond motifs is 10. The van der Waals surface area contributed by atoms with E-state index in [1.54, 1.807) is 38.9 Å². The first-order valence-corrected chi connectivity index (χ1v) is 25.8. The second kappa shape index (κ2) is 1.69. The molecule has 0 saturated carbocycles. The van der Waals surface area contributed by atoms with Gasteiger partial charge in [0.2, 0.25) is 0 Å². The predicted octanol–water partition coefficient (Wildman–Crippen LogP) is 7.70. The maximum absolute atomic E-state index is 12.7. The molecule has 10 heterocycles. The van der Waals surface area contributed by atoms with Crippen molar-refractivity contribution >= 4 is 24.7 Å². The Labute approximate surface area is 153 Å². The van der Waals surface area contributed by atoms with Crippen LogP contribution in [0, 0.1) is 0 Å². The van der Waals surface area contributed by atoms with Crippen molar-refractivity contribution in [3.63, 3.8) is 0 Å². The summed E-state index contributed by atoms with van der Waals surface area (Å²) in [6.45, 7) is 3.90. The third kappa shape index (κ3) is 0.223. The molecule has 10 fully saturated rings. The molecule has 1 nitrogen and oxygen atoms in total. The first-order chi connectivity index (χ1) is 12.4. The van der Waals surface area contributed by atoms with E-state index in [0.717, 1.165) is 2.33 Å². The van der Waals surface area contributed by atoms with Crippen molar-refractivity contribution in [1.29, 1.82) is 0 Å². The number of carbonyl (C=O) groups excluding carboxylic acids is 1. The zero-order valence-corrected chi connectivity index (χ0v) is 20.8. The van der Waals surface area contributed by atoms with Crippen molar-refractivity contribution in [2.45, 2.75) is 118 Å². The first-order valence-electron chi connectivity index (χ1n) is 12.1. The average molecular weight is 503 g/mol. The van der Waals surface area contributed by atoms with E-state index >= 15 is 0 Å². The van der Waals surface area contributed by atoms with Gasteiger partial charge in [0.05, 0.1) is 0 Å². The van der Waals surface area contributed by atoms with Crippen LogP contribution in [0.4, 0.5) is 0 Å². The van der Waals surface area contributed by atoms with Crippen LogP contribution in [-0.2, 0) is 11.3 Å². The van der Waals surface area contributed by atoms with Crippen LogP contribution >= 0.6 is 0 Å².